The molecule has 0 saturated carbocycles. The molecule has 0 amide bonds. The summed E-state index contributed by atoms with van der Waals surface area (Å²) in [5.41, 5.74) is 1.97. The molecular weight excluding hydrogens is 534 g/mol. The number of pyridine rings is 1. The largest absolute Gasteiger partial charge is 0.609 e. The molecule has 38 heavy (non-hydrogen) atoms. The zero-order valence-electron chi connectivity index (χ0n) is 21.2. The first-order chi connectivity index (χ1) is 18.0. The smallest absolute Gasteiger partial charge is 0.339 e. The number of carboxylic acids is 1. The third-order valence-corrected chi connectivity index (χ3v) is 8.98. The number of rotatable bonds is 9. The summed E-state index contributed by atoms with van der Waals surface area (Å²) in [5, 5.41) is 9.33. The topological polar surface area (TPSA) is 153 Å². The minimum Gasteiger partial charge on any atom is -0.609 e. The molecule has 0 aliphatic carbocycles. The van der Waals surface area contributed by atoms with Crippen LogP contribution in [0.25, 0.3) is 11.0 Å². The molecule has 4 rings (SSSR count). The molecule has 1 unspecified atom stereocenters. The maximum atomic E-state index is 14.0. The summed E-state index contributed by atoms with van der Waals surface area (Å²) in [4.78, 5) is 20.2. The van der Waals surface area contributed by atoms with E-state index in [1.54, 1.807) is 25.3 Å². The van der Waals surface area contributed by atoms with Crippen molar-refractivity contribution in [3.8, 4) is 17.2 Å². The highest BCUT2D eigenvalue weighted by Gasteiger charge is 2.33. The Morgan fingerprint density at radius 2 is 1.82 bits per heavy atom. The number of hydrogen-bond donors (Lipinski definition) is 1. The maximum Gasteiger partial charge on any atom is 0.339 e. The van der Waals surface area contributed by atoms with Crippen LogP contribution >= 0.6 is 0 Å². The van der Waals surface area contributed by atoms with Crippen molar-refractivity contribution in [1.82, 2.24) is 13.9 Å². The summed E-state index contributed by atoms with van der Waals surface area (Å²) >= 11 is -1.98. The lowest BCUT2D eigenvalue weighted by atomic mass is 10.1. The van der Waals surface area contributed by atoms with Gasteiger partial charge < -0.3 is 23.9 Å². The first kappa shape index (κ1) is 27.2. The minimum absolute atomic E-state index is 0.00715. The number of fused-ring (bicyclic) bond motifs is 1. The van der Waals surface area contributed by atoms with Crippen LogP contribution in [0.15, 0.2) is 52.6 Å². The summed E-state index contributed by atoms with van der Waals surface area (Å²) < 4.78 is 58.2. The summed E-state index contributed by atoms with van der Waals surface area (Å²) in [7, 11) is -0.252. The normalized spacial score (nSPS) is 12.4. The van der Waals surface area contributed by atoms with Gasteiger partial charge in [-0.15, -0.1) is 0 Å². The number of aryl methyl sites for hydroxylation is 1. The summed E-state index contributed by atoms with van der Waals surface area (Å²) in [6, 6.07) is 8.07. The molecule has 2 aromatic carbocycles. The molecule has 0 saturated heterocycles. The molecule has 0 fully saturated rings. The second kappa shape index (κ2) is 10.5. The number of ether oxygens (including phenoxy) is 3. The van der Waals surface area contributed by atoms with E-state index in [-0.39, 0.29) is 38.2 Å². The molecule has 0 bridgehead atoms. The molecule has 1 atom stereocenters. The third-order valence-electron chi connectivity index (χ3n) is 5.95. The predicted molar refractivity (Wildman–Crippen MR) is 139 cm³/mol. The van der Waals surface area contributed by atoms with Crippen LogP contribution in [0.4, 0.5) is 0 Å². The Kier molecular flexibility index (Phi) is 7.54. The molecule has 13 heteroatoms. The highest BCUT2D eigenvalue weighted by atomic mass is 32.2. The van der Waals surface area contributed by atoms with E-state index in [0.29, 0.717) is 22.8 Å². The van der Waals surface area contributed by atoms with Crippen LogP contribution in [0.3, 0.4) is 0 Å². The number of methoxy groups -OCH3 is 3. The molecule has 1 N–H and O–H groups in total. The highest BCUT2D eigenvalue weighted by molar-refractivity contribution is 7.93. The summed E-state index contributed by atoms with van der Waals surface area (Å²) in [5.74, 6) is -0.561. The van der Waals surface area contributed by atoms with E-state index in [9.17, 15) is 22.9 Å². The fourth-order valence-corrected chi connectivity index (χ4v) is 7.10. The monoisotopic (exact) mass is 559 g/mol. The molecule has 2 aromatic heterocycles. The molecule has 4 aromatic rings. The van der Waals surface area contributed by atoms with Crippen molar-refractivity contribution in [3.63, 3.8) is 0 Å². The SMILES string of the molecule is COc1ccc2nc([S+]([O-])Cc3ncc(C)c(OC)c3C)n(S(=O)(=O)c3ccc(OC)c(C(=O)O)c3)c2c1. The third kappa shape index (κ3) is 4.75. The van der Waals surface area contributed by atoms with Crippen LogP contribution in [0, 0.1) is 13.8 Å². The Labute approximate surface area is 222 Å². The van der Waals surface area contributed by atoms with E-state index < -0.39 is 27.2 Å². The van der Waals surface area contributed by atoms with Crippen molar-refractivity contribution in [1.29, 1.82) is 0 Å². The van der Waals surface area contributed by atoms with Gasteiger partial charge in [0.1, 0.15) is 22.8 Å². The first-order valence-corrected chi connectivity index (χ1v) is 13.9. The molecule has 0 aliphatic heterocycles. The number of imidazole rings is 1. The van der Waals surface area contributed by atoms with Crippen molar-refractivity contribution in [2.75, 3.05) is 21.3 Å². The van der Waals surface area contributed by atoms with E-state index in [1.807, 2.05) is 6.92 Å². The number of aromatic nitrogens is 3. The fourth-order valence-electron chi connectivity index (χ4n) is 4.04. The number of nitrogens with zero attached hydrogens (tertiary/aromatic N) is 3. The summed E-state index contributed by atoms with van der Waals surface area (Å²) in [6.45, 7) is 3.61. The number of benzene rings is 2. The van der Waals surface area contributed by atoms with Gasteiger partial charge in [0.2, 0.25) is 0 Å². The molecule has 11 nitrogen and oxygen atoms in total. The van der Waals surface area contributed by atoms with E-state index in [2.05, 4.69) is 9.97 Å². The minimum atomic E-state index is -4.48. The number of hydrogen-bond acceptors (Lipinski definition) is 9. The van der Waals surface area contributed by atoms with Crippen molar-refractivity contribution in [2.24, 2.45) is 0 Å². The van der Waals surface area contributed by atoms with Crippen LogP contribution < -0.4 is 14.2 Å². The Morgan fingerprint density at radius 1 is 1.08 bits per heavy atom. The molecule has 0 radical (unpaired) electrons. The highest BCUT2D eigenvalue weighted by Crippen LogP contribution is 2.33. The van der Waals surface area contributed by atoms with Gasteiger partial charge in [-0.05, 0) is 44.2 Å². The number of aromatic carboxylic acids is 1. The first-order valence-electron chi connectivity index (χ1n) is 11.1. The lowest BCUT2D eigenvalue weighted by Gasteiger charge is -2.16. The summed E-state index contributed by atoms with van der Waals surface area (Å²) in [6.07, 6.45) is 1.59. The second-order valence-corrected chi connectivity index (χ2v) is 11.4. The van der Waals surface area contributed by atoms with Gasteiger partial charge in [0.15, 0.2) is 5.75 Å². The molecule has 200 valence electrons. The van der Waals surface area contributed by atoms with Crippen molar-refractivity contribution in [2.45, 2.75) is 29.7 Å². The molecule has 2 heterocycles. The van der Waals surface area contributed by atoms with Gasteiger partial charge in [0.25, 0.3) is 10.0 Å². The molecule has 0 spiro atoms. The lowest BCUT2D eigenvalue weighted by Crippen LogP contribution is -2.21. The van der Waals surface area contributed by atoms with Gasteiger partial charge in [-0.3, -0.25) is 4.98 Å². The van der Waals surface area contributed by atoms with Gasteiger partial charge in [0, 0.05) is 34.6 Å². The van der Waals surface area contributed by atoms with E-state index in [4.69, 9.17) is 14.2 Å². The van der Waals surface area contributed by atoms with Gasteiger partial charge in [-0.2, -0.15) is 8.96 Å². The fraction of sp³-hybridized carbons (Fsp3) is 0.240. The predicted octanol–water partition coefficient (Wildman–Crippen LogP) is 3.32. The quantitative estimate of drug-likeness (QED) is 0.302. The van der Waals surface area contributed by atoms with Crippen molar-refractivity contribution in [3.05, 3.63) is 65.0 Å². The number of carboxylic acid groups (broad SMARTS) is 1. The van der Waals surface area contributed by atoms with Gasteiger partial charge in [-0.25, -0.2) is 13.2 Å². The lowest BCUT2D eigenvalue weighted by molar-refractivity contribution is 0.0693. The van der Waals surface area contributed by atoms with E-state index in [1.165, 1.54) is 39.5 Å². The Balaban J connectivity index is 1.92. The molecular formula is C25H25N3O8S2. The number of carbonyl (C=O) groups is 1. The standard InChI is InChI=1S/C25H25N3O8S2/c1-14-12-26-20(15(2)23(14)36-5)13-37(31)25-27-19-8-6-16(34-3)10-21(19)28(25)38(32,33)17-7-9-22(35-4)18(11-17)24(29)30/h6-12H,13H2,1-5H3,(H,29,30). The zero-order valence-corrected chi connectivity index (χ0v) is 22.8. The van der Waals surface area contributed by atoms with Gasteiger partial charge in [0.05, 0.1) is 43.0 Å². The zero-order chi connectivity index (χ0) is 27.8. The maximum absolute atomic E-state index is 14.0. The van der Waals surface area contributed by atoms with Gasteiger partial charge >= 0.3 is 11.1 Å². The van der Waals surface area contributed by atoms with Crippen LogP contribution in [0.5, 0.6) is 17.2 Å². The molecule has 0 aliphatic rings. The van der Waals surface area contributed by atoms with Crippen molar-refractivity contribution < 1.29 is 37.1 Å². The Hall–Kier alpha value is -3.81. The average molecular weight is 560 g/mol. The Bertz CT molecular complexity index is 1650. The van der Waals surface area contributed by atoms with Crippen LogP contribution in [-0.4, -0.2) is 59.3 Å². The second-order valence-electron chi connectivity index (χ2n) is 8.22. The van der Waals surface area contributed by atoms with Crippen molar-refractivity contribution >= 4 is 38.2 Å². The Morgan fingerprint density at radius 3 is 2.45 bits per heavy atom. The van der Waals surface area contributed by atoms with Crippen LogP contribution in [0.2, 0.25) is 0 Å². The van der Waals surface area contributed by atoms with Crippen LogP contribution in [-0.2, 0) is 27.0 Å². The average Bonchev–Trinajstić information content (AvgIpc) is 3.29. The van der Waals surface area contributed by atoms with Gasteiger partial charge in [-0.1, -0.05) is 0 Å². The van der Waals surface area contributed by atoms with Crippen LogP contribution in [0.1, 0.15) is 27.2 Å². The van der Waals surface area contributed by atoms with E-state index in [0.717, 1.165) is 15.6 Å². The van der Waals surface area contributed by atoms with E-state index >= 15 is 0 Å².